The third kappa shape index (κ3) is 2.38. The molecule has 1 atom stereocenters. The van der Waals surface area contributed by atoms with Crippen molar-refractivity contribution in [2.75, 3.05) is 21.3 Å². The zero-order valence-corrected chi connectivity index (χ0v) is 10.4. The topological polar surface area (TPSA) is 30.5 Å². The van der Waals surface area contributed by atoms with Crippen molar-refractivity contribution in [1.82, 2.24) is 5.32 Å². The number of rotatable bonds is 4. The molecule has 4 heteroatoms. The van der Waals surface area contributed by atoms with Gasteiger partial charge in [-0.2, -0.15) is 12.6 Å². The molecule has 0 saturated heterocycles. The first kappa shape index (κ1) is 12.2. The summed E-state index contributed by atoms with van der Waals surface area (Å²) >= 11 is 4.42. The third-order valence-electron chi connectivity index (χ3n) is 2.38. The largest absolute Gasteiger partial charge is 0.496 e. The Hall–Kier alpha value is -0.870. The maximum Gasteiger partial charge on any atom is 0.131 e. The predicted molar refractivity (Wildman–Crippen MR) is 65.1 cm³/mol. The van der Waals surface area contributed by atoms with Crippen LogP contribution in [0.25, 0.3) is 0 Å². The van der Waals surface area contributed by atoms with Crippen molar-refractivity contribution >= 4 is 12.6 Å². The van der Waals surface area contributed by atoms with Crippen LogP contribution in [0.4, 0.5) is 0 Å². The molecule has 84 valence electrons. The van der Waals surface area contributed by atoms with Crippen LogP contribution in [-0.4, -0.2) is 21.3 Å². The van der Waals surface area contributed by atoms with Gasteiger partial charge < -0.3 is 14.8 Å². The molecule has 1 rings (SSSR count). The lowest BCUT2D eigenvalue weighted by Crippen LogP contribution is -2.12. The number of thiol groups is 1. The number of hydrogen-bond donors (Lipinski definition) is 2. The van der Waals surface area contributed by atoms with Crippen molar-refractivity contribution < 1.29 is 9.47 Å². The lowest BCUT2D eigenvalue weighted by molar-refractivity contribution is 0.384. The minimum absolute atomic E-state index is 0.0374. The van der Waals surface area contributed by atoms with Crippen molar-refractivity contribution in [3.63, 3.8) is 0 Å². The Morgan fingerprint density at radius 1 is 1.27 bits per heavy atom. The fourth-order valence-corrected chi connectivity index (χ4v) is 1.76. The van der Waals surface area contributed by atoms with Gasteiger partial charge in [-0.05, 0) is 26.1 Å². The molecule has 0 aromatic heterocycles. The van der Waals surface area contributed by atoms with Crippen LogP contribution in [0.5, 0.6) is 11.5 Å². The smallest absolute Gasteiger partial charge is 0.131 e. The van der Waals surface area contributed by atoms with Crippen LogP contribution in [0.3, 0.4) is 0 Å². The van der Waals surface area contributed by atoms with E-state index in [0.717, 1.165) is 22.6 Å². The summed E-state index contributed by atoms with van der Waals surface area (Å²) < 4.78 is 10.6. The lowest BCUT2D eigenvalue weighted by atomic mass is 10.1. The van der Waals surface area contributed by atoms with E-state index in [1.165, 1.54) is 0 Å². The average molecular weight is 227 g/mol. The highest BCUT2D eigenvalue weighted by atomic mass is 32.1. The van der Waals surface area contributed by atoms with Crippen LogP contribution in [0, 0.1) is 6.92 Å². The van der Waals surface area contributed by atoms with Crippen LogP contribution >= 0.6 is 12.6 Å². The highest BCUT2D eigenvalue weighted by Gasteiger charge is 2.15. The quantitative estimate of drug-likeness (QED) is 0.610. The number of ether oxygens (including phenoxy) is 2. The normalized spacial score (nSPS) is 12.3. The highest BCUT2D eigenvalue weighted by molar-refractivity contribution is 7.80. The van der Waals surface area contributed by atoms with E-state index < -0.39 is 0 Å². The van der Waals surface area contributed by atoms with E-state index in [0.29, 0.717) is 0 Å². The summed E-state index contributed by atoms with van der Waals surface area (Å²) in [6.07, 6.45) is 0. The van der Waals surface area contributed by atoms with Gasteiger partial charge in [-0.1, -0.05) is 0 Å². The Kier molecular flexibility index (Phi) is 4.29. The molecule has 1 N–H and O–H groups in total. The van der Waals surface area contributed by atoms with Gasteiger partial charge in [-0.15, -0.1) is 0 Å². The molecule has 1 aromatic rings. The van der Waals surface area contributed by atoms with Gasteiger partial charge in [0.05, 0.1) is 19.6 Å². The molecule has 0 radical (unpaired) electrons. The maximum atomic E-state index is 5.37. The fraction of sp³-hybridized carbons (Fsp3) is 0.455. The minimum Gasteiger partial charge on any atom is -0.496 e. The van der Waals surface area contributed by atoms with Crippen LogP contribution in [0.1, 0.15) is 16.5 Å². The lowest BCUT2D eigenvalue weighted by Gasteiger charge is -2.18. The summed E-state index contributed by atoms with van der Waals surface area (Å²) in [6, 6.07) is 3.88. The van der Waals surface area contributed by atoms with Crippen LogP contribution < -0.4 is 14.8 Å². The number of benzene rings is 1. The Morgan fingerprint density at radius 3 is 2.40 bits per heavy atom. The summed E-state index contributed by atoms with van der Waals surface area (Å²) in [4.78, 5) is 0. The van der Waals surface area contributed by atoms with E-state index >= 15 is 0 Å². The molecule has 0 amide bonds. The Balaban J connectivity index is 3.24. The number of hydrogen-bond acceptors (Lipinski definition) is 4. The summed E-state index contributed by atoms with van der Waals surface area (Å²) in [5.74, 6) is 1.65. The second kappa shape index (κ2) is 5.28. The highest BCUT2D eigenvalue weighted by Crippen LogP contribution is 2.35. The molecular weight excluding hydrogens is 210 g/mol. The zero-order chi connectivity index (χ0) is 11.4. The third-order valence-corrected chi connectivity index (χ3v) is 2.92. The van der Waals surface area contributed by atoms with Crippen molar-refractivity contribution in [3.8, 4) is 11.5 Å². The standard InChI is InChI=1S/C11H17NO2S/c1-7-9(13-3)6-5-8(10(7)14-4)11(15)12-2/h5-6,11-12,15H,1-4H3. The molecule has 1 aromatic carbocycles. The van der Waals surface area contributed by atoms with Gasteiger partial charge in [0, 0.05) is 11.1 Å². The predicted octanol–water partition coefficient (Wildman–Crippen LogP) is 2.16. The monoisotopic (exact) mass is 227 g/mol. The molecule has 1 unspecified atom stereocenters. The fourth-order valence-electron chi connectivity index (χ4n) is 1.56. The van der Waals surface area contributed by atoms with Crippen LogP contribution in [0.2, 0.25) is 0 Å². The molecule has 0 saturated carbocycles. The molecule has 0 aliphatic heterocycles. The van der Waals surface area contributed by atoms with E-state index in [-0.39, 0.29) is 5.37 Å². The average Bonchev–Trinajstić information content (AvgIpc) is 2.27. The van der Waals surface area contributed by atoms with E-state index in [9.17, 15) is 0 Å². The molecule has 0 spiro atoms. The van der Waals surface area contributed by atoms with E-state index in [2.05, 4.69) is 17.9 Å². The summed E-state index contributed by atoms with van der Waals surface area (Å²) in [5.41, 5.74) is 2.01. The molecule has 0 bridgehead atoms. The number of methoxy groups -OCH3 is 2. The Morgan fingerprint density at radius 2 is 1.93 bits per heavy atom. The molecular formula is C11H17NO2S. The van der Waals surface area contributed by atoms with Crippen LogP contribution in [0.15, 0.2) is 12.1 Å². The van der Waals surface area contributed by atoms with Gasteiger partial charge >= 0.3 is 0 Å². The van der Waals surface area contributed by atoms with Crippen molar-refractivity contribution in [3.05, 3.63) is 23.3 Å². The minimum atomic E-state index is -0.0374. The molecule has 0 aliphatic rings. The van der Waals surface area contributed by atoms with Crippen molar-refractivity contribution in [2.24, 2.45) is 0 Å². The molecule has 0 heterocycles. The molecule has 3 nitrogen and oxygen atoms in total. The maximum absolute atomic E-state index is 5.37. The Bertz CT molecular complexity index is 342. The van der Waals surface area contributed by atoms with E-state index in [1.54, 1.807) is 14.2 Å². The first-order valence-corrected chi connectivity index (χ1v) is 5.24. The van der Waals surface area contributed by atoms with E-state index in [1.807, 2.05) is 26.1 Å². The molecule has 15 heavy (non-hydrogen) atoms. The first-order valence-electron chi connectivity index (χ1n) is 4.72. The van der Waals surface area contributed by atoms with Gasteiger partial charge in [0.2, 0.25) is 0 Å². The first-order chi connectivity index (χ1) is 7.15. The van der Waals surface area contributed by atoms with Crippen molar-refractivity contribution in [2.45, 2.75) is 12.3 Å². The molecule has 0 aliphatic carbocycles. The van der Waals surface area contributed by atoms with E-state index in [4.69, 9.17) is 9.47 Å². The second-order valence-corrected chi connectivity index (χ2v) is 3.72. The summed E-state index contributed by atoms with van der Waals surface area (Å²) in [7, 11) is 5.16. The SMILES string of the molecule is CNC(S)c1ccc(OC)c(C)c1OC. The Labute approximate surface area is 96.2 Å². The van der Waals surface area contributed by atoms with Gasteiger partial charge in [0.1, 0.15) is 11.5 Å². The molecule has 0 fully saturated rings. The second-order valence-electron chi connectivity index (χ2n) is 3.21. The zero-order valence-electron chi connectivity index (χ0n) is 9.50. The van der Waals surface area contributed by atoms with Crippen molar-refractivity contribution in [1.29, 1.82) is 0 Å². The number of nitrogens with one attached hydrogen (secondary N) is 1. The van der Waals surface area contributed by atoms with Gasteiger partial charge in [0.15, 0.2) is 0 Å². The van der Waals surface area contributed by atoms with Crippen LogP contribution in [-0.2, 0) is 0 Å². The van der Waals surface area contributed by atoms with Gasteiger partial charge in [-0.3, -0.25) is 0 Å². The van der Waals surface area contributed by atoms with Gasteiger partial charge in [-0.25, -0.2) is 0 Å². The summed E-state index contributed by atoms with van der Waals surface area (Å²) in [5, 5.41) is 3.03. The van der Waals surface area contributed by atoms with Gasteiger partial charge in [0.25, 0.3) is 0 Å². The summed E-state index contributed by atoms with van der Waals surface area (Å²) in [6.45, 7) is 1.97.